The molecular weight excluding hydrogens is 217 g/mol. The molecule has 1 rings (SSSR count). The van der Waals surface area contributed by atoms with Crippen LogP contribution >= 0.6 is 0 Å². The standard InChI is InChI=1S/C8H8BNO6/c1-16-8(11)6-3-2-5(9(12)13)4-7(6)10(14)15/h2-4,12-13H,1H3. The average molecular weight is 225 g/mol. The van der Waals surface area contributed by atoms with Crippen LogP contribution in [-0.2, 0) is 4.74 Å². The van der Waals surface area contributed by atoms with Crippen LogP contribution in [0.5, 0.6) is 0 Å². The van der Waals surface area contributed by atoms with E-state index in [1.54, 1.807) is 0 Å². The zero-order valence-corrected chi connectivity index (χ0v) is 8.28. The molecule has 0 atom stereocenters. The number of nitrogens with zero attached hydrogens (tertiary/aromatic N) is 1. The van der Waals surface area contributed by atoms with Crippen LogP contribution in [0.4, 0.5) is 5.69 Å². The van der Waals surface area contributed by atoms with Gasteiger partial charge < -0.3 is 14.8 Å². The number of rotatable bonds is 3. The number of nitro groups is 1. The lowest BCUT2D eigenvalue weighted by atomic mass is 9.79. The Morgan fingerprint density at radius 2 is 2.12 bits per heavy atom. The van der Waals surface area contributed by atoms with E-state index in [2.05, 4.69) is 4.74 Å². The predicted molar refractivity (Wildman–Crippen MR) is 54.3 cm³/mol. The third kappa shape index (κ3) is 2.36. The van der Waals surface area contributed by atoms with Gasteiger partial charge in [0.15, 0.2) is 0 Å². The summed E-state index contributed by atoms with van der Waals surface area (Å²) in [7, 11) is -0.730. The van der Waals surface area contributed by atoms with E-state index < -0.39 is 23.7 Å². The minimum atomic E-state index is -1.83. The van der Waals surface area contributed by atoms with Crippen molar-refractivity contribution in [1.82, 2.24) is 0 Å². The van der Waals surface area contributed by atoms with Crippen LogP contribution in [0.25, 0.3) is 0 Å². The lowest BCUT2D eigenvalue weighted by Crippen LogP contribution is -2.30. The van der Waals surface area contributed by atoms with Gasteiger partial charge in [0.05, 0.1) is 12.0 Å². The van der Waals surface area contributed by atoms with Gasteiger partial charge in [-0.05, 0) is 11.5 Å². The number of methoxy groups -OCH3 is 1. The van der Waals surface area contributed by atoms with Gasteiger partial charge in [0.2, 0.25) is 0 Å². The van der Waals surface area contributed by atoms with Crippen LogP contribution in [-0.4, -0.2) is 35.2 Å². The van der Waals surface area contributed by atoms with Crippen molar-refractivity contribution in [3.8, 4) is 0 Å². The number of ether oxygens (including phenoxy) is 1. The SMILES string of the molecule is COC(=O)c1ccc(B(O)O)cc1[N+](=O)[O-]. The highest BCUT2D eigenvalue weighted by atomic mass is 16.6. The van der Waals surface area contributed by atoms with Gasteiger partial charge in [-0.1, -0.05) is 6.07 Å². The molecule has 0 spiro atoms. The quantitative estimate of drug-likeness (QED) is 0.297. The average Bonchev–Trinajstić information content (AvgIpc) is 2.26. The molecule has 8 heteroatoms. The summed E-state index contributed by atoms with van der Waals surface area (Å²) in [6.45, 7) is 0. The summed E-state index contributed by atoms with van der Waals surface area (Å²) in [6.07, 6.45) is 0. The summed E-state index contributed by atoms with van der Waals surface area (Å²) in [4.78, 5) is 21.0. The van der Waals surface area contributed by atoms with Gasteiger partial charge in [-0.2, -0.15) is 0 Å². The Labute approximate surface area is 90.6 Å². The maximum Gasteiger partial charge on any atom is 0.488 e. The van der Waals surface area contributed by atoms with Crippen molar-refractivity contribution in [2.75, 3.05) is 7.11 Å². The fraction of sp³-hybridized carbons (Fsp3) is 0.125. The predicted octanol–water partition coefficient (Wildman–Crippen LogP) is -0.939. The van der Waals surface area contributed by atoms with E-state index >= 15 is 0 Å². The summed E-state index contributed by atoms with van der Waals surface area (Å²) < 4.78 is 4.36. The number of nitro benzene ring substituents is 1. The molecule has 0 aliphatic heterocycles. The Balaban J connectivity index is 3.30. The first-order chi connectivity index (χ1) is 7.47. The molecule has 0 bridgehead atoms. The van der Waals surface area contributed by atoms with Crippen molar-refractivity contribution in [3.63, 3.8) is 0 Å². The van der Waals surface area contributed by atoms with Crippen LogP contribution in [0, 0.1) is 10.1 Å². The molecule has 0 unspecified atom stereocenters. The molecule has 0 saturated carbocycles. The van der Waals surface area contributed by atoms with Crippen molar-refractivity contribution in [3.05, 3.63) is 33.9 Å². The minimum Gasteiger partial charge on any atom is -0.465 e. The van der Waals surface area contributed by atoms with Gasteiger partial charge in [-0.25, -0.2) is 4.79 Å². The van der Waals surface area contributed by atoms with E-state index in [1.807, 2.05) is 0 Å². The molecule has 0 amide bonds. The lowest BCUT2D eigenvalue weighted by molar-refractivity contribution is -0.385. The normalized spacial score (nSPS) is 9.69. The second-order valence-electron chi connectivity index (χ2n) is 2.90. The molecule has 0 aliphatic rings. The largest absolute Gasteiger partial charge is 0.488 e. The van der Waals surface area contributed by atoms with Gasteiger partial charge >= 0.3 is 13.1 Å². The van der Waals surface area contributed by atoms with Crippen molar-refractivity contribution in [1.29, 1.82) is 0 Å². The molecule has 2 N–H and O–H groups in total. The molecule has 0 heterocycles. The summed E-state index contributed by atoms with van der Waals surface area (Å²) in [5.74, 6) is -0.856. The molecule has 1 aromatic carbocycles. The number of benzene rings is 1. The number of hydrogen-bond acceptors (Lipinski definition) is 6. The van der Waals surface area contributed by atoms with Gasteiger partial charge in [0.25, 0.3) is 5.69 Å². The fourth-order valence-electron chi connectivity index (χ4n) is 1.14. The number of carbonyl (C=O) groups is 1. The highest BCUT2D eigenvalue weighted by Gasteiger charge is 2.24. The van der Waals surface area contributed by atoms with E-state index in [0.717, 1.165) is 19.2 Å². The first-order valence-corrected chi connectivity index (χ1v) is 4.20. The topological polar surface area (TPSA) is 110 Å². The Hall–Kier alpha value is -1.93. The number of esters is 1. The van der Waals surface area contributed by atoms with E-state index in [4.69, 9.17) is 10.0 Å². The van der Waals surface area contributed by atoms with E-state index in [9.17, 15) is 14.9 Å². The second-order valence-corrected chi connectivity index (χ2v) is 2.90. The Morgan fingerprint density at radius 3 is 2.56 bits per heavy atom. The Morgan fingerprint density at radius 1 is 1.50 bits per heavy atom. The third-order valence-electron chi connectivity index (χ3n) is 1.92. The zero-order valence-electron chi connectivity index (χ0n) is 8.28. The molecule has 0 fully saturated rings. The molecule has 0 radical (unpaired) electrons. The molecule has 0 aliphatic carbocycles. The second kappa shape index (κ2) is 4.73. The fourth-order valence-corrected chi connectivity index (χ4v) is 1.14. The maximum atomic E-state index is 11.2. The van der Waals surface area contributed by atoms with E-state index in [0.29, 0.717) is 0 Å². The summed E-state index contributed by atoms with van der Waals surface area (Å²) in [5.41, 5.74) is -0.839. The number of carbonyl (C=O) groups excluding carboxylic acids is 1. The molecule has 0 saturated heterocycles. The van der Waals surface area contributed by atoms with Crippen molar-refractivity contribution >= 4 is 24.2 Å². The number of hydrogen-bond donors (Lipinski definition) is 2. The summed E-state index contributed by atoms with van der Waals surface area (Å²) >= 11 is 0. The highest BCUT2D eigenvalue weighted by Crippen LogP contribution is 2.17. The van der Waals surface area contributed by atoms with Crippen LogP contribution in [0.15, 0.2) is 18.2 Å². The summed E-state index contributed by atoms with van der Waals surface area (Å²) in [6, 6.07) is 3.22. The Bertz CT molecular complexity index is 433. The maximum absolute atomic E-state index is 11.2. The molecular formula is C8H8BNO6. The molecule has 84 valence electrons. The summed E-state index contributed by atoms with van der Waals surface area (Å²) in [5, 5.41) is 28.3. The van der Waals surface area contributed by atoms with E-state index in [1.165, 1.54) is 6.07 Å². The smallest absolute Gasteiger partial charge is 0.465 e. The molecule has 0 aromatic heterocycles. The van der Waals surface area contributed by atoms with Crippen LogP contribution in [0.2, 0.25) is 0 Å². The van der Waals surface area contributed by atoms with Crippen LogP contribution in [0.1, 0.15) is 10.4 Å². The zero-order chi connectivity index (χ0) is 12.3. The molecule has 16 heavy (non-hydrogen) atoms. The van der Waals surface area contributed by atoms with Gasteiger partial charge in [-0.3, -0.25) is 10.1 Å². The first-order valence-electron chi connectivity index (χ1n) is 4.20. The third-order valence-corrected chi connectivity index (χ3v) is 1.92. The van der Waals surface area contributed by atoms with Gasteiger partial charge in [-0.15, -0.1) is 0 Å². The monoisotopic (exact) mass is 225 g/mol. The van der Waals surface area contributed by atoms with Crippen molar-refractivity contribution in [2.45, 2.75) is 0 Å². The minimum absolute atomic E-state index is 0.0700. The molecule has 7 nitrogen and oxygen atoms in total. The van der Waals surface area contributed by atoms with Crippen molar-refractivity contribution in [2.24, 2.45) is 0 Å². The highest BCUT2D eigenvalue weighted by molar-refractivity contribution is 6.58. The van der Waals surface area contributed by atoms with Crippen LogP contribution in [0.3, 0.4) is 0 Å². The first kappa shape index (κ1) is 12.1. The Kier molecular flexibility index (Phi) is 3.59. The van der Waals surface area contributed by atoms with E-state index in [-0.39, 0.29) is 11.0 Å². The lowest BCUT2D eigenvalue weighted by Gasteiger charge is -2.03. The van der Waals surface area contributed by atoms with Crippen LogP contribution < -0.4 is 5.46 Å². The van der Waals surface area contributed by atoms with Gasteiger partial charge in [0.1, 0.15) is 5.56 Å². The molecule has 1 aromatic rings. The van der Waals surface area contributed by atoms with Gasteiger partial charge in [0, 0.05) is 6.07 Å². The van der Waals surface area contributed by atoms with Crippen molar-refractivity contribution < 1.29 is 24.5 Å².